The van der Waals surface area contributed by atoms with E-state index in [1.54, 1.807) is 0 Å². The normalized spacial score (nSPS) is 36.2. The summed E-state index contributed by atoms with van der Waals surface area (Å²) in [5.74, 6) is 2.07. The van der Waals surface area contributed by atoms with Gasteiger partial charge in [0.1, 0.15) is 0 Å². The van der Waals surface area contributed by atoms with Crippen LogP contribution in [0.2, 0.25) is 0 Å². The third kappa shape index (κ3) is 3.27. The van der Waals surface area contributed by atoms with Gasteiger partial charge in [0, 0.05) is 30.9 Å². The van der Waals surface area contributed by atoms with E-state index in [1.165, 1.54) is 32.4 Å². The second kappa shape index (κ2) is 7.08. The van der Waals surface area contributed by atoms with Crippen molar-refractivity contribution in [2.75, 3.05) is 18.0 Å². The van der Waals surface area contributed by atoms with Crippen LogP contribution in [0, 0.1) is 11.8 Å². The molecule has 33 heavy (non-hydrogen) atoms. The van der Waals surface area contributed by atoms with E-state index in [4.69, 9.17) is 9.31 Å². The summed E-state index contributed by atoms with van der Waals surface area (Å²) in [5.41, 5.74) is 1.97. The summed E-state index contributed by atoms with van der Waals surface area (Å²) in [6.45, 7) is 15.0. The van der Waals surface area contributed by atoms with Crippen molar-refractivity contribution in [3.05, 3.63) is 23.8 Å². The lowest BCUT2D eigenvalue weighted by atomic mass is 9.76. The summed E-state index contributed by atoms with van der Waals surface area (Å²) >= 11 is 0. The molecule has 5 aliphatic rings. The summed E-state index contributed by atoms with van der Waals surface area (Å²) in [7, 11) is -0.404. The van der Waals surface area contributed by atoms with E-state index >= 15 is 0 Å². The van der Waals surface area contributed by atoms with Gasteiger partial charge in [0.25, 0.3) is 0 Å². The Morgan fingerprint density at radius 1 is 0.879 bits per heavy atom. The molecule has 2 saturated carbocycles. The Labute approximate surface area is 199 Å². The van der Waals surface area contributed by atoms with Crippen LogP contribution in [0.3, 0.4) is 0 Å². The number of benzene rings is 1. The van der Waals surface area contributed by atoms with Crippen molar-refractivity contribution in [1.82, 2.24) is 4.90 Å². The zero-order chi connectivity index (χ0) is 23.3. The molecular weight excluding hydrogens is 411 g/mol. The fraction of sp³-hybridized carbons (Fsp3) is 0.741. The summed E-state index contributed by atoms with van der Waals surface area (Å²) in [4.78, 5) is 18.5. The first-order valence-corrected chi connectivity index (χ1v) is 13.0. The molecule has 0 N–H and O–H groups in total. The fourth-order valence-corrected chi connectivity index (χ4v) is 6.90. The second-order valence-corrected chi connectivity index (χ2v) is 12.9. The Morgan fingerprint density at radius 3 is 2.09 bits per heavy atom. The van der Waals surface area contributed by atoms with E-state index in [0.29, 0.717) is 12.1 Å². The van der Waals surface area contributed by atoms with Crippen molar-refractivity contribution in [2.45, 2.75) is 102 Å². The van der Waals surface area contributed by atoms with Crippen LogP contribution < -0.4 is 10.4 Å². The number of hydrogen-bond donors (Lipinski definition) is 0. The number of nitrogens with zero attached hydrogens (tertiary/aromatic N) is 2. The van der Waals surface area contributed by atoms with Gasteiger partial charge >= 0.3 is 7.12 Å². The molecule has 5 nitrogen and oxygen atoms in total. The third-order valence-corrected chi connectivity index (χ3v) is 9.84. The zero-order valence-electron chi connectivity index (χ0n) is 21.2. The quantitative estimate of drug-likeness (QED) is 0.656. The number of rotatable bonds is 3. The van der Waals surface area contributed by atoms with Crippen LogP contribution >= 0.6 is 0 Å². The maximum absolute atomic E-state index is 13.6. The average Bonchev–Trinajstić information content (AvgIpc) is 3.23. The Balaban J connectivity index is 1.24. The molecule has 2 unspecified atom stereocenters. The predicted octanol–water partition coefficient (Wildman–Crippen LogP) is 3.87. The lowest BCUT2D eigenvalue weighted by molar-refractivity contribution is -0.123. The Bertz CT molecular complexity index is 956. The number of piperidine rings is 1. The highest BCUT2D eigenvalue weighted by Gasteiger charge is 2.54. The summed E-state index contributed by atoms with van der Waals surface area (Å²) in [6.07, 6.45) is 6.49. The predicted molar refractivity (Wildman–Crippen MR) is 132 cm³/mol. The van der Waals surface area contributed by atoms with Gasteiger partial charge in [0.2, 0.25) is 5.91 Å². The largest absolute Gasteiger partial charge is 0.494 e. The number of likely N-dealkylation sites (tertiary alicyclic amines) is 1. The molecule has 178 valence electrons. The number of fused-ring (bicyclic) bond motifs is 3. The van der Waals surface area contributed by atoms with Crippen LogP contribution in [0.15, 0.2) is 18.2 Å². The molecule has 2 bridgehead atoms. The lowest BCUT2D eigenvalue weighted by Crippen LogP contribution is -2.58. The molecule has 1 aromatic rings. The first kappa shape index (κ1) is 22.1. The first-order chi connectivity index (χ1) is 15.5. The van der Waals surface area contributed by atoms with Gasteiger partial charge in [-0.2, -0.15) is 0 Å². The van der Waals surface area contributed by atoms with Crippen molar-refractivity contribution in [3.63, 3.8) is 0 Å². The third-order valence-electron chi connectivity index (χ3n) is 9.84. The minimum absolute atomic E-state index is 0.241. The van der Waals surface area contributed by atoms with Crippen LogP contribution in [0.1, 0.15) is 79.2 Å². The highest BCUT2D eigenvalue weighted by atomic mass is 16.7. The number of amides is 1. The van der Waals surface area contributed by atoms with Gasteiger partial charge < -0.3 is 14.2 Å². The Hall–Kier alpha value is -1.37. The van der Waals surface area contributed by atoms with E-state index in [9.17, 15) is 4.79 Å². The topological polar surface area (TPSA) is 42.0 Å². The molecule has 1 aromatic carbocycles. The fourth-order valence-electron chi connectivity index (χ4n) is 6.90. The van der Waals surface area contributed by atoms with Gasteiger partial charge in [-0.3, -0.25) is 9.69 Å². The molecule has 3 aliphatic heterocycles. The monoisotopic (exact) mass is 450 g/mol. The summed E-state index contributed by atoms with van der Waals surface area (Å²) in [5, 5.41) is 0. The van der Waals surface area contributed by atoms with Gasteiger partial charge in [0.05, 0.1) is 16.6 Å². The number of hydrogen-bond acceptors (Lipinski definition) is 4. The van der Waals surface area contributed by atoms with E-state index < -0.39 is 12.5 Å². The van der Waals surface area contributed by atoms with Crippen LogP contribution in [0.4, 0.5) is 5.69 Å². The van der Waals surface area contributed by atoms with Gasteiger partial charge in [-0.15, -0.1) is 0 Å². The lowest BCUT2D eigenvalue weighted by Gasteiger charge is -2.49. The highest BCUT2D eigenvalue weighted by molar-refractivity contribution is 6.62. The van der Waals surface area contributed by atoms with Crippen molar-refractivity contribution in [2.24, 2.45) is 11.8 Å². The van der Waals surface area contributed by atoms with Gasteiger partial charge in [-0.1, -0.05) is 12.1 Å². The van der Waals surface area contributed by atoms with Crippen molar-refractivity contribution in [3.8, 4) is 0 Å². The summed E-state index contributed by atoms with van der Waals surface area (Å²) in [6, 6.07) is 7.33. The first-order valence-electron chi connectivity index (χ1n) is 13.0. The van der Waals surface area contributed by atoms with Crippen LogP contribution in [-0.4, -0.2) is 54.3 Å². The molecule has 0 aromatic heterocycles. The molecule has 2 atom stereocenters. The molecule has 0 spiro atoms. The molecule has 3 heterocycles. The van der Waals surface area contributed by atoms with Gasteiger partial charge in [-0.05, 0) is 103 Å². The second-order valence-electron chi connectivity index (χ2n) is 12.9. The molecule has 6 heteroatoms. The molecule has 4 fully saturated rings. The van der Waals surface area contributed by atoms with E-state index in [1.807, 2.05) is 0 Å². The SMILES string of the molecule is CC1(C)C(=O)N(C2CC(N3CC4CCC(C4)C3)C2)c2cc(B3OC(C)(C)C(C)(C)O3)ccc21. The summed E-state index contributed by atoms with van der Waals surface area (Å²) < 4.78 is 12.6. The maximum atomic E-state index is 13.6. The molecule has 1 amide bonds. The number of anilines is 1. The van der Waals surface area contributed by atoms with Gasteiger partial charge in [-0.25, -0.2) is 0 Å². The van der Waals surface area contributed by atoms with Crippen molar-refractivity contribution >= 4 is 24.2 Å². The molecule has 2 aliphatic carbocycles. The molecule has 0 radical (unpaired) electrons. The van der Waals surface area contributed by atoms with Crippen molar-refractivity contribution < 1.29 is 14.1 Å². The zero-order valence-corrected chi connectivity index (χ0v) is 21.2. The van der Waals surface area contributed by atoms with Gasteiger partial charge in [0.15, 0.2) is 0 Å². The maximum Gasteiger partial charge on any atom is 0.494 e. The minimum Gasteiger partial charge on any atom is -0.399 e. The molecule has 2 saturated heterocycles. The van der Waals surface area contributed by atoms with E-state index in [-0.39, 0.29) is 17.1 Å². The molecule has 6 rings (SSSR count). The van der Waals surface area contributed by atoms with Crippen LogP contribution in [-0.2, 0) is 19.5 Å². The smallest absolute Gasteiger partial charge is 0.399 e. The average molecular weight is 450 g/mol. The highest BCUT2D eigenvalue weighted by Crippen LogP contribution is 2.47. The number of carbonyl (C=O) groups is 1. The number of carbonyl (C=O) groups excluding carboxylic acids is 1. The molecular formula is C27H39BN2O3. The van der Waals surface area contributed by atoms with E-state index in [2.05, 4.69) is 69.5 Å². The Kier molecular flexibility index (Phi) is 4.75. The van der Waals surface area contributed by atoms with Crippen LogP contribution in [0.25, 0.3) is 0 Å². The van der Waals surface area contributed by atoms with Crippen LogP contribution in [0.5, 0.6) is 0 Å². The standard InChI is InChI=1S/C27H39BN2O3/c1-25(2)22-10-9-19(28-32-26(3,4)27(5,6)33-28)12-23(22)30(24(25)31)21-13-20(14-21)29-15-17-7-8-18(11-17)16-29/h9-10,12,17-18,20-21H,7-8,11,13-16H2,1-6H3. The van der Waals surface area contributed by atoms with Crippen molar-refractivity contribution in [1.29, 1.82) is 0 Å². The minimum atomic E-state index is -0.487. The Morgan fingerprint density at radius 2 is 1.48 bits per heavy atom. The van der Waals surface area contributed by atoms with E-state index in [0.717, 1.165) is 41.4 Å².